The first-order valence-electron chi connectivity index (χ1n) is 11.2. The SMILES string of the molecule is CN=C(NCCCOCC1CCOCC1)NCc1ccc(N2CCOC(C)C2)nc1. The number of morpholine rings is 1. The van der Waals surface area contributed by atoms with Crippen LogP contribution >= 0.6 is 0 Å². The van der Waals surface area contributed by atoms with Gasteiger partial charge in [-0.15, -0.1) is 0 Å². The van der Waals surface area contributed by atoms with Crippen LogP contribution < -0.4 is 15.5 Å². The maximum Gasteiger partial charge on any atom is 0.191 e. The van der Waals surface area contributed by atoms with Crippen molar-refractivity contribution in [3.8, 4) is 0 Å². The van der Waals surface area contributed by atoms with Crippen molar-refractivity contribution in [3.63, 3.8) is 0 Å². The van der Waals surface area contributed by atoms with Crippen molar-refractivity contribution >= 4 is 11.8 Å². The second kappa shape index (κ2) is 12.7. The lowest BCUT2D eigenvalue weighted by Gasteiger charge is -2.32. The Morgan fingerprint density at radius 1 is 1.27 bits per heavy atom. The van der Waals surface area contributed by atoms with Gasteiger partial charge in [-0.3, -0.25) is 4.99 Å². The number of pyridine rings is 1. The van der Waals surface area contributed by atoms with Crippen LogP contribution in [-0.4, -0.2) is 76.8 Å². The number of aliphatic imine (C=N–C) groups is 1. The Bertz CT molecular complexity index is 634. The fraction of sp³-hybridized carbons (Fsp3) is 0.727. The fourth-order valence-electron chi connectivity index (χ4n) is 3.69. The molecule has 0 aromatic carbocycles. The highest BCUT2D eigenvalue weighted by Gasteiger charge is 2.17. The molecule has 2 N–H and O–H groups in total. The molecule has 8 heteroatoms. The average molecular weight is 420 g/mol. The molecule has 0 spiro atoms. The molecule has 8 nitrogen and oxygen atoms in total. The smallest absolute Gasteiger partial charge is 0.191 e. The van der Waals surface area contributed by atoms with Gasteiger partial charge in [0.2, 0.25) is 0 Å². The van der Waals surface area contributed by atoms with E-state index >= 15 is 0 Å². The largest absolute Gasteiger partial charge is 0.381 e. The summed E-state index contributed by atoms with van der Waals surface area (Å²) in [7, 11) is 1.79. The van der Waals surface area contributed by atoms with E-state index in [1.54, 1.807) is 7.05 Å². The minimum absolute atomic E-state index is 0.253. The van der Waals surface area contributed by atoms with E-state index in [0.29, 0.717) is 12.5 Å². The highest BCUT2D eigenvalue weighted by Crippen LogP contribution is 2.16. The summed E-state index contributed by atoms with van der Waals surface area (Å²) in [5.41, 5.74) is 1.13. The van der Waals surface area contributed by atoms with Gasteiger partial charge in [-0.05, 0) is 43.7 Å². The zero-order valence-corrected chi connectivity index (χ0v) is 18.4. The molecular weight excluding hydrogens is 382 g/mol. The second-order valence-electron chi connectivity index (χ2n) is 7.99. The molecule has 2 fully saturated rings. The Labute approximate surface area is 180 Å². The van der Waals surface area contributed by atoms with Crippen LogP contribution in [0.2, 0.25) is 0 Å². The highest BCUT2D eigenvalue weighted by atomic mass is 16.5. The monoisotopic (exact) mass is 419 g/mol. The molecule has 0 aliphatic carbocycles. The van der Waals surface area contributed by atoms with Gasteiger partial charge in [0.25, 0.3) is 0 Å². The fourth-order valence-corrected chi connectivity index (χ4v) is 3.69. The molecule has 2 aliphatic heterocycles. The molecular formula is C22H37N5O3. The molecule has 168 valence electrons. The topological polar surface area (TPSA) is 80.2 Å². The summed E-state index contributed by atoms with van der Waals surface area (Å²) in [6, 6.07) is 4.20. The van der Waals surface area contributed by atoms with Gasteiger partial charge in [0.05, 0.1) is 12.7 Å². The summed E-state index contributed by atoms with van der Waals surface area (Å²) in [6.07, 6.45) is 5.38. The molecule has 30 heavy (non-hydrogen) atoms. The Morgan fingerprint density at radius 2 is 2.13 bits per heavy atom. The molecule has 0 saturated carbocycles. The molecule has 2 saturated heterocycles. The zero-order valence-electron chi connectivity index (χ0n) is 18.4. The van der Waals surface area contributed by atoms with Gasteiger partial charge in [0.15, 0.2) is 5.96 Å². The van der Waals surface area contributed by atoms with E-state index in [1.165, 1.54) is 0 Å². The first-order valence-corrected chi connectivity index (χ1v) is 11.2. The normalized spacial score (nSPS) is 20.9. The van der Waals surface area contributed by atoms with Crippen molar-refractivity contribution in [2.45, 2.75) is 38.8 Å². The third kappa shape index (κ3) is 7.74. The number of aromatic nitrogens is 1. The standard InChI is InChI=1S/C22H37N5O3/c1-18-16-27(9-13-30-18)21-5-4-20(14-25-21)15-26-22(23-2)24-8-3-10-29-17-19-6-11-28-12-7-19/h4-5,14,18-19H,3,6-13,15-17H2,1-2H3,(H2,23,24,26). The maximum absolute atomic E-state index is 5.81. The summed E-state index contributed by atoms with van der Waals surface area (Å²) >= 11 is 0. The van der Waals surface area contributed by atoms with Gasteiger partial charge in [0, 0.05) is 65.9 Å². The lowest BCUT2D eigenvalue weighted by molar-refractivity contribution is 0.0203. The molecule has 3 heterocycles. The molecule has 1 atom stereocenters. The first kappa shape index (κ1) is 22.8. The van der Waals surface area contributed by atoms with Crippen molar-refractivity contribution in [2.75, 3.05) is 64.6 Å². The molecule has 0 amide bonds. The maximum atomic E-state index is 5.81. The molecule has 1 unspecified atom stereocenters. The number of hydrogen-bond acceptors (Lipinski definition) is 6. The van der Waals surface area contributed by atoms with E-state index in [0.717, 1.165) is 89.3 Å². The molecule has 0 radical (unpaired) electrons. The quantitative estimate of drug-likeness (QED) is 0.359. The van der Waals surface area contributed by atoms with Gasteiger partial charge in [-0.1, -0.05) is 6.07 Å². The van der Waals surface area contributed by atoms with E-state index in [-0.39, 0.29) is 6.10 Å². The molecule has 2 aliphatic rings. The predicted molar refractivity (Wildman–Crippen MR) is 119 cm³/mol. The average Bonchev–Trinajstić information content (AvgIpc) is 2.79. The number of hydrogen-bond donors (Lipinski definition) is 2. The van der Waals surface area contributed by atoms with Crippen LogP contribution in [0, 0.1) is 5.92 Å². The number of nitrogens with one attached hydrogen (secondary N) is 2. The van der Waals surface area contributed by atoms with Gasteiger partial charge in [0.1, 0.15) is 5.82 Å². The van der Waals surface area contributed by atoms with Crippen LogP contribution in [-0.2, 0) is 20.8 Å². The van der Waals surface area contributed by atoms with Gasteiger partial charge >= 0.3 is 0 Å². The minimum atomic E-state index is 0.253. The van der Waals surface area contributed by atoms with Crippen molar-refractivity contribution in [2.24, 2.45) is 10.9 Å². The number of guanidine groups is 1. The van der Waals surface area contributed by atoms with E-state index in [1.807, 2.05) is 6.20 Å². The summed E-state index contributed by atoms with van der Waals surface area (Å²) in [5, 5.41) is 6.69. The van der Waals surface area contributed by atoms with Crippen LogP contribution in [0.1, 0.15) is 31.7 Å². The van der Waals surface area contributed by atoms with Crippen molar-refractivity contribution in [3.05, 3.63) is 23.9 Å². The summed E-state index contributed by atoms with van der Waals surface area (Å²) in [5.74, 6) is 2.47. The Balaban J connectivity index is 1.29. The second-order valence-corrected chi connectivity index (χ2v) is 7.99. The van der Waals surface area contributed by atoms with Crippen LogP contribution in [0.4, 0.5) is 5.82 Å². The zero-order chi connectivity index (χ0) is 21.0. The van der Waals surface area contributed by atoms with Crippen molar-refractivity contribution in [1.29, 1.82) is 0 Å². The van der Waals surface area contributed by atoms with Crippen LogP contribution in [0.5, 0.6) is 0 Å². The van der Waals surface area contributed by atoms with Gasteiger partial charge < -0.3 is 29.7 Å². The first-order chi connectivity index (χ1) is 14.7. The third-order valence-corrected chi connectivity index (χ3v) is 5.51. The van der Waals surface area contributed by atoms with Crippen molar-refractivity contribution in [1.82, 2.24) is 15.6 Å². The van der Waals surface area contributed by atoms with E-state index < -0.39 is 0 Å². The van der Waals surface area contributed by atoms with Crippen molar-refractivity contribution < 1.29 is 14.2 Å². The number of anilines is 1. The lowest BCUT2D eigenvalue weighted by atomic mass is 10.0. The van der Waals surface area contributed by atoms with Crippen LogP contribution in [0.25, 0.3) is 0 Å². The highest BCUT2D eigenvalue weighted by molar-refractivity contribution is 5.79. The predicted octanol–water partition coefficient (Wildman–Crippen LogP) is 1.81. The summed E-state index contributed by atoms with van der Waals surface area (Å²) < 4.78 is 16.8. The minimum Gasteiger partial charge on any atom is -0.381 e. The van der Waals surface area contributed by atoms with E-state index in [9.17, 15) is 0 Å². The molecule has 1 aromatic rings. The Hall–Kier alpha value is -1.90. The van der Waals surface area contributed by atoms with Crippen LogP contribution in [0.3, 0.4) is 0 Å². The molecule has 0 bridgehead atoms. The Morgan fingerprint density at radius 3 is 2.87 bits per heavy atom. The third-order valence-electron chi connectivity index (χ3n) is 5.51. The van der Waals surface area contributed by atoms with E-state index in [2.05, 4.69) is 44.6 Å². The van der Waals surface area contributed by atoms with E-state index in [4.69, 9.17) is 14.2 Å². The lowest BCUT2D eigenvalue weighted by Crippen LogP contribution is -2.41. The Kier molecular flexibility index (Phi) is 9.66. The molecule has 1 aromatic heterocycles. The number of nitrogens with zero attached hydrogens (tertiary/aromatic N) is 3. The molecule has 3 rings (SSSR count). The van der Waals surface area contributed by atoms with Gasteiger partial charge in [-0.2, -0.15) is 0 Å². The summed E-state index contributed by atoms with van der Waals surface area (Å²) in [4.78, 5) is 11.2. The van der Waals surface area contributed by atoms with Gasteiger partial charge in [-0.25, -0.2) is 4.98 Å². The number of ether oxygens (including phenoxy) is 3. The van der Waals surface area contributed by atoms with Crippen LogP contribution in [0.15, 0.2) is 23.3 Å². The summed E-state index contributed by atoms with van der Waals surface area (Å²) in [6.45, 7) is 9.53. The number of rotatable bonds is 9.